The van der Waals surface area contributed by atoms with Gasteiger partial charge in [0.05, 0.1) is 0 Å². The Morgan fingerprint density at radius 1 is 0.304 bits per heavy atom. The van der Waals surface area contributed by atoms with Crippen molar-refractivity contribution in [3.63, 3.8) is 0 Å². The summed E-state index contributed by atoms with van der Waals surface area (Å²) in [6, 6.07) is 47.7. The Morgan fingerprint density at radius 2 is 0.761 bits per heavy atom. The number of rotatable bonds is 3. The first-order valence-electron chi connectivity index (χ1n) is 15.3. The maximum absolute atomic E-state index is 6.39. The first-order chi connectivity index (χ1) is 22.7. The van der Waals surface area contributed by atoms with Crippen LogP contribution < -0.4 is 0 Å². The van der Waals surface area contributed by atoms with Crippen LogP contribution in [0.5, 0.6) is 0 Å². The lowest BCUT2D eigenvalue weighted by molar-refractivity contribution is 0.669. The smallest absolute Gasteiger partial charge is 0.164 e. The van der Waals surface area contributed by atoms with E-state index in [0.717, 1.165) is 71.3 Å². The molecular weight excluding hydrogens is 566 g/mol. The van der Waals surface area contributed by atoms with Crippen molar-refractivity contribution in [2.45, 2.75) is 0 Å². The molecule has 0 radical (unpaired) electrons. The number of benzene rings is 7. The zero-order valence-corrected chi connectivity index (χ0v) is 24.4. The zero-order chi connectivity index (χ0) is 30.2. The van der Waals surface area contributed by atoms with Crippen LogP contribution >= 0.6 is 0 Å². The molecule has 0 aliphatic rings. The predicted octanol–water partition coefficient (Wildman–Crippen LogP) is 11.0. The maximum Gasteiger partial charge on any atom is 0.164 e. The van der Waals surface area contributed by atoms with Crippen LogP contribution in [0.4, 0.5) is 0 Å². The third-order valence-electron chi connectivity index (χ3n) is 8.88. The van der Waals surface area contributed by atoms with Crippen LogP contribution in [-0.4, -0.2) is 15.0 Å². The molecule has 0 atom stereocenters. The monoisotopic (exact) mass is 589 g/mol. The highest BCUT2D eigenvalue weighted by Crippen LogP contribution is 2.36. The van der Waals surface area contributed by atoms with Crippen LogP contribution in [0.2, 0.25) is 0 Å². The molecule has 3 heterocycles. The Morgan fingerprint density at radius 3 is 1.46 bits per heavy atom. The SMILES string of the molecule is c1ccc2cc(-c3nc(-c4ccc5c(c4)oc4ccccc45)nc(-c4ccc5c(c4)oc4cc6ccccc6cc45)n3)ccc2c1. The van der Waals surface area contributed by atoms with E-state index in [4.69, 9.17) is 23.8 Å². The first kappa shape index (κ1) is 25.0. The number of aromatic nitrogens is 3. The fraction of sp³-hybridized carbons (Fsp3) is 0. The number of hydrogen-bond donors (Lipinski definition) is 0. The van der Waals surface area contributed by atoms with Gasteiger partial charge in [0.25, 0.3) is 0 Å². The second-order valence-electron chi connectivity index (χ2n) is 11.7. The van der Waals surface area contributed by atoms with Crippen LogP contribution in [0.3, 0.4) is 0 Å². The molecule has 10 rings (SSSR count). The molecule has 46 heavy (non-hydrogen) atoms. The lowest BCUT2D eigenvalue weighted by atomic mass is 10.0. The first-order valence-corrected chi connectivity index (χ1v) is 15.3. The van der Waals surface area contributed by atoms with E-state index in [1.54, 1.807) is 0 Å². The molecule has 10 aromatic rings. The van der Waals surface area contributed by atoms with Crippen LogP contribution in [0.1, 0.15) is 0 Å². The summed E-state index contributed by atoms with van der Waals surface area (Å²) in [5.41, 5.74) is 5.93. The molecule has 0 unspecified atom stereocenters. The van der Waals surface area contributed by atoms with Crippen LogP contribution in [0.25, 0.3) is 99.6 Å². The van der Waals surface area contributed by atoms with Crippen LogP contribution in [0.15, 0.2) is 148 Å². The zero-order valence-electron chi connectivity index (χ0n) is 24.4. The minimum atomic E-state index is 0.574. The molecule has 7 aromatic carbocycles. The van der Waals surface area contributed by atoms with Crippen molar-refractivity contribution in [2.75, 3.05) is 0 Å². The molecule has 5 heteroatoms. The van der Waals surface area contributed by atoms with E-state index in [2.05, 4.69) is 91.0 Å². The highest BCUT2D eigenvalue weighted by Gasteiger charge is 2.17. The van der Waals surface area contributed by atoms with E-state index in [9.17, 15) is 0 Å². The molecule has 0 amide bonds. The molecular formula is C41H23N3O2. The fourth-order valence-electron chi connectivity index (χ4n) is 6.56. The molecule has 0 aliphatic carbocycles. The van der Waals surface area contributed by atoms with Gasteiger partial charge in [-0.15, -0.1) is 0 Å². The second kappa shape index (κ2) is 9.58. The molecule has 3 aromatic heterocycles. The van der Waals surface area contributed by atoms with Gasteiger partial charge < -0.3 is 8.83 Å². The summed E-state index contributed by atoms with van der Waals surface area (Å²) in [5.74, 6) is 1.75. The van der Waals surface area contributed by atoms with Crippen molar-refractivity contribution in [3.8, 4) is 34.2 Å². The Bertz CT molecular complexity index is 2830. The largest absolute Gasteiger partial charge is 0.456 e. The number of para-hydroxylation sites is 1. The molecule has 0 spiro atoms. The van der Waals surface area contributed by atoms with E-state index in [-0.39, 0.29) is 0 Å². The molecule has 0 saturated carbocycles. The van der Waals surface area contributed by atoms with Gasteiger partial charge in [0.1, 0.15) is 22.3 Å². The molecule has 0 fully saturated rings. The van der Waals surface area contributed by atoms with Gasteiger partial charge in [0.15, 0.2) is 17.5 Å². The Labute approximate surface area is 262 Å². The quantitative estimate of drug-likeness (QED) is 0.205. The van der Waals surface area contributed by atoms with Gasteiger partial charge in [0.2, 0.25) is 0 Å². The third-order valence-corrected chi connectivity index (χ3v) is 8.88. The van der Waals surface area contributed by atoms with E-state index in [1.807, 2.05) is 48.5 Å². The summed E-state index contributed by atoms with van der Waals surface area (Å²) in [5, 5.41) is 8.93. The third kappa shape index (κ3) is 3.92. The normalized spacial score (nSPS) is 11.9. The summed E-state index contributed by atoms with van der Waals surface area (Å²) >= 11 is 0. The highest BCUT2D eigenvalue weighted by molar-refractivity contribution is 6.10. The lowest BCUT2D eigenvalue weighted by Gasteiger charge is -2.09. The van der Waals surface area contributed by atoms with Crippen molar-refractivity contribution < 1.29 is 8.83 Å². The fourth-order valence-corrected chi connectivity index (χ4v) is 6.56. The summed E-state index contributed by atoms with van der Waals surface area (Å²) in [6.45, 7) is 0. The van der Waals surface area contributed by atoms with Crippen molar-refractivity contribution >= 4 is 65.4 Å². The average Bonchev–Trinajstić information content (AvgIpc) is 3.67. The summed E-state index contributed by atoms with van der Waals surface area (Å²) in [4.78, 5) is 15.1. The summed E-state index contributed by atoms with van der Waals surface area (Å²) in [7, 11) is 0. The average molecular weight is 590 g/mol. The van der Waals surface area contributed by atoms with Gasteiger partial charge in [-0.2, -0.15) is 0 Å². The number of hydrogen-bond acceptors (Lipinski definition) is 5. The number of fused-ring (bicyclic) bond motifs is 8. The maximum atomic E-state index is 6.39. The molecule has 0 saturated heterocycles. The Balaban J connectivity index is 1.17. The molecule has 0 N–H and O–H groups in total. The molecule has 214 valence electrons. The van der Waals surface area contributed by atoms with Crippen molar-refractivity contribution in [3.05, 3.63) is 140 Å². The Hall–Kier alpha value is -6.33. The minimum absolute atomic E-state index is 0.574. The van der Waals surface area contributed by atoms with Gasteiger partial charge in [-0.1, -0.05) is 91.0 Å². The van der Waals surface area contributed by atoms with E-state index in [1.165, 1.54) is 10.8 Å². The van der Waals surface area contributed by atoms with Gasteiger partial charge in [-0.05, 0) is 70.1 Å². The van der Waals surface area contributed by atoms with Gasteiger partial charge in [0, 0.05) is 38.2 Å². The standard InChI is InChI=1S/C41H23N3O2/c1-2-8-25-19-28(14-13-24(25)7-1)39-42-40(29-15-17-32-31-11-5-6-12-35(31)45-36(32)22-29)44-41(43-39)30-16-18-33-34-20-26-9-3-4-10-27(26)21-38(34)46-37(33)23-30/h1-23H. The van der Waals surface area contributed by atoms with Crippen molar-refractivity contribution in [1.29, 1.82) is 0 Å². The summed E-state index contributed by atoms with van der Waals surface area (Å²) < 4.78 is 12.6. The molecule has 5 nitrogen and oxygen atoms in total. The van der Waals surface area contributed by atoms with Crippen molar-refractivity contribution in [2.24, 2.45) is 0 Å². The molecule has 0 aliphatic heterocycles. The van der Waals surface area contributed by atoms with Gasteiger partial charge in [-0.3, -0.25) is 0 Å². The lowest BCUT2D eigenvalue weighted by Crippen LogP contribution is -2.00. The van der Waals surface area contributed by atoms with Gasteiger partial charge >= 0.3 is 0 Å². The highest BCUT2D eigenvalue weighted by atomic mass is 16.3. The van der Waals surface area contributed by atoms with Crippen molar-refractivity contribution in [1.82, 2.24) is 15.0 Å². The number of nitrogens with zero attached hydrogens (tertiary/aromatic N) is 3. The number of furan rings is 2. The predicted molar refractivity (Wildman–Crippen MR) is 186 cm³/mol. The minimum Gasteiger partial charge on any atom is -0.456 e. The summed E-state index contributed by atoms with van der Waals surface area (Å²) in [6.07, 6.45) is 0. The second-order valence-corrected chi connectivity index (χ2v) is 11.7. The Kier molecular flexibility index (Phi) is 5.22. The van der Waals surface area contributed by atoms with Gasteiger partial charge in [-0.25, -0.2) is 15.0 Å². The molecule has 0 bridgehead atoms. The topological polar surface area (TPSA) is 65.0 Å². The van der Waals surface area contributed by atoms with E-state index in [0.29, 0.717) is 17.5 Å². The van der Waals surface area contributed by atoms with Crippen LogP contribution in [0, 0.1) is 0 Å². The van der Waals surface area contributed by atoms with E-state index >= 15 is 0 Å². The van der Waals surface area contributed by atoms with E-state index < -0.39 is 0 Å². The van der Waals surface area contributed by atoms with Crippen LogP contribution in [-0.2, 0) is 0 Å².